The van der Waals surface area contributed by atoms with Gasteiger partial charge in [-0.25, -0.2) is 0 Å². The molecule has 0 heterocycles. The highest BCUT2D eigenvalue weighted by atomic mass is 14.2. The standard InChI is InChI=1S/C17H20/c1-14(16-10-6-3-4-7-11-16)15(2)17-12-8-5-9-13-17/h3,5-15H,4H2,1-2H3. The molecule has 0 radical (unpaired) electrons. The van der Waals surface area contributed by atoms with Gasteiger partial charge in [-0.2, -0.15) is 0 Å². The lowest BCUT2D eigenvalue weighted by Crippen LogP contribution is -2.08. The lowest BCUT2D eigenvalue weighted by Gasteiger charge is -2.21. The fraction of sp³-hybridized carbons (Fsp3) is 0.294. The predicted molar refractivity (Wildman–Crippen MR) is 75.0 cm³/mol. The molecule has 17 heavy (non-hydrogen) atoms. The van der Waals surface area contributed by atoms with Gasteiger partial charge in [-0.05, 0) is 29.4 Å². The van der Waals surface area contributed by atoms with Crippen LogP contribution >= 0.6 is 0 Å². The molecule has 0 aromatic heterocycles. The molecule has 0 heteroatoms. The minimum atomic E-state index is 0.552. The first kappa shape index (κ1) is 11.9. The van der Waals surface area contributed by atoms with Crippen molar-refractivity contribution in [3.63, 3.8) is 0 Å². The molecule has 0 nitrogen and oxygen atoms in total. The first-order valence-corrected chi connectivity index (χ1v) is 6.37. The third kappa shape index (κ3) is 2.97. The first-order valence-electron chi connectivity index (χ1n) is 6.37. The van der Waals surface area contributed by atoms with Crippen LogP contribution in [0.4, 0.5) is 0 Å². The van der Waals surface area contributed by atoms with Crippen molar-refractivity contribution in [3.8, 4) is 0 Å². The molecule has 2 unspecified atom stereocenters. The van der Waals surface area contributed by atoms with Gasteiger partial charge in [0.2, 0.25) is 0 Å². The van der Waals surface area contributed by atoms with Crippen LogP contribution < -0.4 is 0 Å². The molecule has 0 fully saturated rings. The zero-order valence-electron chi connectivity index (χ0n) is 10.6. The molecule has 1 aliphatic carbocycles. The van der Waals surface area contributed by atoms with Crippen LogP contribution in [-0.2, 0) is 0 Å². The second-order valence-corrected chi connectivity index (χ2v) is 4.72. The van der Waals surface area contributed by atoms with Crippen molar-refractivity contribution in [3.05, 3.63) is 71.8 Å². The van der Waals surface area contributed by atoms with Crippen LogP contribution in [0.1, 0.15) is 31.7 Å². The van der Waals surface area contributed by atoms with Gasteiger partial charge < -0.3 is 0 Å². The molecule has 0 aliphatic heterocycles. The number of hydrogen-bond donors (Lipinski definition) is 0. The summed E-state index contributed by atoms with van der Waals surface area (Å²) >= 11 is 0. The van der Waals surface area contributed by atoms with E-state index >= 15 is 0 Å². The summed E-state index contributed by atoms with van der Waals surface area (Å²) in [6, 6.07) is 10.8. The minimum absolute atomic E-state index is 0.552. The monoisotopic (exact) mass is 224 g/mol. The third-order valence-electron chi connectivity index (χ3n) is 3.61. The van der Waals surface area contributed by atoms with Crippen molar-refractivity contribution in [1.82, 2.24) is 0 Å². The number of allylic oxidation sites excluding steroid dienone is 6. The molecular weight excluding hydrogens is 204 g/mol. The molecule has 0 spiro atoms. The van der Waals surface area contributed by atoms with Crippen molar-refractivity contribution in [2.75, 3.05) is 0 Å². The Morgan fingerprint density at radius 3 is 2.47 bits per heavy atom. The topological polar surface area (TPSA) is 0 Å². The summed E-state index contributed by atoms with van der Waals surface area (Å²) in [5, 5.41) is 0. The van der Waals surface area contributed by atoms with E-state index in [1.807, 2.05) is 0 Å². The Balaban J connectivity index is 2.17. The van der Waals surface area contributed by atoms with Gasteiger partial charge in [-0.15, -0.1) is 0 Å². The minimum Gasteiger partial charge on any atom is -0.0807 e. The molecule has 0 amide bonds. The highest BCUT2D eigenvalue weighted by molar-refractivity contribution is 5.32. The van der Waals surface area contributed by atoms with E-state index in [1.54, 1.807) is 0 Å². The largest absolute Gasteiger partial charge is 0.0807 e. The lowest BCUT2D eigenvalue weighted by molar-refractivity contribution is 0.571. The Morgan fingerprint density at radius 2 is 1.71 bits per heavy atom. The molecule has 1 aromatic rings. The maximum Gasteiger partial charge on any atom is -0.0124 e. The number of rotatable bonds is 3. The van der Waals surface area contributed by atoms with Gasteiger partial charge in [-0.1, -0.05) is 74.6 Å². The Morgan fingerprint density at radius 1 is 0.941 bits per heavy atom. The van der Waals surface area contributed by atoms with Crippen LogP contribution in [0.25, 0.3) is 0 Å². The molecule has 2 atom stereocenters. The van der Waals surface area contributed by atoms with E-state index in [0.29, 0.717) is 11.8 Å². The summed E-state index contributed by atoms with van der Waals surface area (Å²) in [4.78, 5) is 0. The van der Waals surface area contributed by atoms with E-state index in [-0.39, 0.29) is 0 Å². The Bertz CT molecular complexity index is 434. The molecule has 0 N–H and O–H groups in total. The highest BCUT2D eigenvalue weighted by Crippen LogP contribution is 2.30. The second-order valence-electron chi connectivity index (χ2n) is 4.72. The van der Waals surface area contributed by atoms with E-state index < -0.39 is 0 Å². The maximum atomic E-state index is 2.31. The summed E-state index contributed by atoms with van der Waals surface area (Å²) in [7, 11) is 0. The van der Waals surface area contributed by atoms with Gasteiger partial charge >= 0.3 is 0 Å². The van der Waals surface area contributed by atoms with Crippen LogP contribution in [0.2, 0.25) is 0 Å². The average molecular weight is 224 g/mol. The number of hydrogen-bond acceptors (Lipinski definition) is 0. The lowest BCUT2D eigenvalue weighted by atomic mass is 9.83. The molecular formula is C17H20. The van der Waals surface area contributed by atoms with Crippen molar-refractivity contribution in [2.45, 2.75) is 26.2 Å². The van der Waals surface area contributed by atoms with Gasteiger partial charge in [0, 0.05) is 0 Å². The van der Waals surface area contributed by atoms with Crippen molar-refractivity contribution < 1.29 is 0 Å². The molecule has 2 rings (SSSR count). The van der Waals surface area contributed by atoms with Gasteiger partial charge in [0.1, 0.15) is 0 Å². The first-order chi connectivity index (χ1) is 8.29. The summed E-state index contributed by atoms with van der Waals surface area (Å²) in [5.41, 5.74) is 2.85. The number of benzene rings is 1. The molecule has 1 aliphatic rings. The van der Waals surface area contributed by atoms with E-state index in [9.17, 15) is 0 Å². The molecule has 0 bridgehead atoms. The van der Waals surface area contributed by atoms with Gasteiger partial charge in [0.15, 0.2) is 0 Å². The predicted octanol–water partition coefficient (Wildman–Crippen LogP) is 4.87. The van der Waals surface area contributed by atoms with Crippen LogP contribution in [-0.4, -0.2) is 0 Å². The Labute approximate surface area is 104 Å². The fourth-order valence-electron chi connectivity index (χ4n) is 2.23. The smallest absolute Gasteiger partial charge is 0.0124 e. The van der Waals surface area contributed by atoms with E-state index in [4.69, 9.17) is 0 Å². The Hall–Kier alpha value is -1.56. The summed E-state index contributed by atoms with van der Waals surface area (Å²) < 4.78 is 0. The molecule has 88 valence electrons. The average Bonchev–Trinajstić information content (AvgIpc) is 2.67. The zero-order valence-corrected chi connectivity index (χ0v) is 10.6. The molecule has 1 aromatic carbocycles. The van der Waals surface area contributed by atoms with Gasteiger partial charge in [0.05, 0.1) is 0 Å². The van der Waals surface area contributed by atoms with E-state index in [0.717, 1.165) is 6.42 Å². The molecule has 0 saturated carbocycles. The van der Waals surface area contributed by atoms with Gasteiger partial charge in [-0.3, -0.25) is 0 Å². The van der Waals surface area contributed by atoms with E-state index in [1.165, 1.54) is 11.1 Å². The van der Waals surface area contributed by atoms with Crippen LogP contribution in [0.15, 0.2) is 66.3 Å². The second kappa shape index (κ2) is 5.67. The van der Waals surface area contributed by atoms with E-state index in [2.05, 4.69) is 74.6 Å². The van der Waals surface area contributed by atoms with Crippen molar-refractivity contribution >= 4 is 0 Å². The normalized spacial score (nSPS) is 18.4. The van der Waals surface area contributed by atoms with Crippen molar-refractivity contribution in [1.29, 1.82) is 0 Å². The summed E-state index contributed by atoms with van der Waals surface area (Å²) in [6.45, 7) is 4.62. The maximum absolute atomic E-state index is 2.31. The quantitative estimate of drug-likeness (QED) is 0.687. The zero-order chi connectivity index (χ0) is 12.1. The molecule has 0 saturated heterocycles. The SMILES string of the molecule is CC(C1=CC=CCC=C1)C(C)c1ccccc1. The van der Waals surface area contributed by atoms with Crippen molar-refractivity contribution in [2.24, 2.45) is 5.92 Å². The van der Waals surface area contributed by atoms with Crippen LogP contribution in [0.3, 0.4) is 0 Å². The third-order valence-corrected chi connectivity index (χ3v) is 3.61. The summed E-state index contributed by atoms with van der Waals surface area (Å²) in [6.07, 6.45) is 12.2. The summed E-state index contributed by atoms with van der Waals surface area (Å²) in [5.74, 6) is 1.11. The van der Waals surface area contributed by atoms with Gasteiger partial charge in [0.25, 0.3) is 0 Å². The highest BCUT2D eigenvalue weighted by Gasteiger charge is 2.16. The van der Waals surface area contributed by atoms with Crippen LogP contribution in [0, 0.1) is 5.92 Å². The Kier molecular flexibility index (Phi) is 3.98. The fourth-order valence-corrected chi connectivity index (χ4v) is 2.23. The van der Waals surface area contributed by atoms with Crippen LogP contribution in [0.5, 0.6) is 0 Å².